The second-order valence-electron chi connectivity index (χ2n) is 5.08. The van der Waals surface area contributed by atoms with Crippen LogP contribution in [0.4, 0.5) is 11.5 Å². The van der Waals surface area contributed by atoms with E-state index in [1.54, 1.807) is 13.3 Å². The molecule has 0 radical (unpaired) electrons. The molecule has 114 valence electrons. The van der Waals surface area contributed by atoms with Gasteiger partial charge in [0.2, 0.25) is 0 Å². The van der Waals surface area contributed by atoms with Gasteiger partial charge in [0.05, 0.1) is 5.52 Å². The van der Waals surface area contributed by atoms with Crippen molar-refractivity contribution in [2.75, 3.05) is 12.4 Å². The lowest BCUT2D eigenvalue weighted by molar-refractivity contribution is 1.33. The van der Waals surface area contributed by atoms with Gasteiger partial charge < -0.3 is 5.32 Å². The molecule has 0 aliphatic rings. The third-order valence-electron chi connectivity index (χ3n) is 3.52. The molecule has 0 aliphatic carbocycles. The summed E-state index contributed by atoms with van der Waals surface area (Å²) in [5, 5.41) is 6.85. The van der Waals surface area contributed by atoms with Crippen molar-refractivity contribution < 1.29 is 0 Å². The molecule has 1 N–H and O–H groups in total. The fourth-order valence-electron chi connectivity index (χ4n) is 2.42. The predicted octanol–water partition coefficient (Wildman–Crippen LogP) is 3.52. The molecule has 4 heteroatoms. The number of hydrogen-bond donors (Lipinski definition) is 1. The highest BCUT2D eigenvalue weighted by Crippen LogP contribution is 2.18. The number of halogens is 1. The van der Waals surface area contributed by atoms with E-state index >= 15 is 0 Å². The van der Waals surface area contributed by atoms with E-state index in [4.69, 9.17) is 16.6 Å². The van der Waals surface area contributed by atoms with E-state index in [-0.39, 0.29) is 0 Å². The van der Waals surface area contributed by atoms with Crippen LogP contribution >= 0.6 is 11.6 Å². The molecule has 3 rings (SSSR count). The summed E-state index contributed by atoms with van der Waals surface area (Å²) < 4.78 is 0. The minimum Gasteiger partial charge on any atom is -0.340 e. The van der Waals surface area contributed by atoms with Gasteiger partial charge in [-0.15, -0.1) is 0 Å². The second kappa shape index (κ2) is 6.63. The summed E-state index contributed by atoms with van der Waals surface area (Å²) in [6.45, 7) is 4.22. The van der Waals surface area contributed by atoms with Gasteiger partial charge in [-0.1, -0.05) is 42.4 Å². The number of aliphatic imine (C=N–C) groups is 1. The zero-order chi connectivity index (χ0) is 16.2. The molecule has 0 saturated heterocycles. The van der Waals surface area contributed by atoms with Crippen LogP contribution in [0.3, 0.4) is 0 Å². The third kappa shape index (κ3) is 3.25. The monoisotopic (exact) mass is 321 g/mol. The number of benzene rings is 2. The van der Waals surface area contributed by atoms with Gasteiger partial charge in [-0.2, -0.15) is 0 Å². The van der Waals surface area contributed by atoms with E-state index < -0.39 is 0 Å². The summed E-state index contributed by atoms with van der Waals surface area (Å²) in [4.78, 5) is 8.76. The minimum absolute atomic E-state index is 0.672. The van der Waals surface area contributed by atoms with Crippen molar-refractivity contribution in [3.8, 4) is 0 Å². The van der Waals surface area contributed by atoms with Gasteiger partial charge in [0.15, 0.2) is 0 Å². The average Bonchev–Trinajstić information content (AvgIpc) is 2.55. The molecule has 3 aromatic rings. The quantitative estimate of drug-likeness (QED) is 0.749. The first kappa shape index (κ1) is 15.3. The molecule has 0 saturated carbocycles. The molecule has 0 aliphatic heterocycles. The molecule has 1 aromatic heterocycles. The Balaban J connectivity index is 2.24. The lowest BCUT2D eigenvalue weighted by Gasteiger charge is -2.09. The number of fused-ring (bicyclic) bond motifs is 1. The largest absolute Gasteiger partial charge is 0.340 e. The standard InChI is InChI=1S/C19H16ClN3/c1-13-16-8-3-4-9-18(16)23-19(17(13)10-11-21-2)22-15-7-5-6-14(20)12-15/h3-12H,1H2,2H3,(H,22,23)/b17-10+,21-11-. The first-order valence-electron chi connectivity index (χ1n) is 7.22. The Hall–Kier alpha value is -2.65. The topological polar surface area (TPSA) is 37.3 Å². The Kier molecular flexibility index (Phi) is 4.40. The summed E-state index contributed by atoms with van der Waals surface area (Å²) >= 11 is 6.06. The molecule has 0 bridgehead atoms. The van der Waals surface area contributed by atoms with Crippen LogP contribution < -0.4 is 15.8 Å². The van der Waals surface area contributed by atoms with Crippen molar-refractivity contribution in [3.63, 3.8) is 0 Å². The number of nitrogens with zero attached hydrogens (tertiary/aromatic N) is 2. The Morgan fingerprint density at radius 1 is 1.17 bits per heavy atom. The summed E-state index contributed by atoms with van der Waals surface area (Å²) in [5.74, 6) is 0.732. The van der Waals surface area contributed by atoms with Crippen molar-refractivity contribution >= 4 is 52.9 Å². The van der Waals surface area contributed by atoms with Gasteiger partial charge in [-0.25, -0.2) is 4.98 Å². The molecule has 0 spiro atoms. The number of anilines is 2. The number of rotatable bonds is 3. The van der Waals surface area contributed by atoms with Crippen molar-refractivity contribution in [1.82, 2.24) is 4.98 Å². The van der Waals surface area contributed by atoms with Gasteiger partial charge in [-0.05, 0) is 35.6 Å². The van der Waals surface area contributed by atoms with E-state index in [9.17, 15) is 0 Å². The van der Waals surface area contributed by atoms with Crippen LogP contribution in [0.25, 0.3) is 23.6 Å². The van der Waals surface area contributed by atoms with Gasteiger partial charge in [0.1, 0.15) is 5.82 Å². The number of aromatic nitrogens is 1. The van der Waals surface area contributed by atoms with Gasteiger partial charge in [0, 0.05) is 34.6 Å². The normalized spacial score (nSPS) is 12.2. The fourth-order valence-corrected chi connectivity index (χ4v) is 2.61. The van der Waals surface area contributed by atoms with Crippen LogP contribution in [-0.4, -0.2) is 18.2 Å². The van der Waals surface area contributed by atoms with E-state index in [0.717, 1.165) is 32.8 Å². The zero-order valence-electron chi connectivity index (χ0n) is 12.8. The lowest BCUT2D eigenvalue weighted by atomic mass is 10.1. The van der Waals surface area contributed by atoms with Gasteiger partial charge in [-0.3, -0.25) is 4.99 Å². The highest BCUT2D eigenvalue weighted by atomic mass is 35.5. The lowest BCUT2D eigenvalue weighted by Crippen LogP contribution is -2.28. The van der Waals surface area contributed by atoms with Gasteiger partial charge in [0.25, 0.3) is 0 Å². The summed E-state index contributed by atoms with van der Waals surface area (Å²) in [5.41, 5.74) is 1.77. The summed E-state index contributed by atoms with van der Waals surface area (Å²) in [7, 11) is 1.73. The summed E-state index contributed by atoms with van der Waals surface area (Å²) in [6, 6.07) is 15.5. The minimum atomic E-state index is 0.672. The van der Waals surface area contributed by atoms with Crippen LogP contribution in [0.1, 0.15) is 0 Å². The van der Waals surface area contributed by atoms with E-state index in [2.05, 4.69) is 16.9 Å². The Morgan fingerprint density at radius 2 is 2.00 bits per heavy atom. The molecule has 3 nitrogen and oxygen atoms in total. The van der Waals surface area contributed by atoms with Crippen molar-refractivity contribution in [2.45, 2.75) is 0 Å². The highest BCUT2D eigenvalue weighted by Gasteiger charge is 2.04. The smallest absolute Gasteiger partial charge is 0.139 e. The number of pyridine rings is 1. The molecule has 0 atom stereocenters. The first-order valence-corrected chi connectivity index (χ1v) is 7.59. The van der Waals surface area contributed by atoms with E-state index in [1.165, 1.54) is 0 Å². The Bertz CT molecular complexity index is 993. The predicted molar refractivity (Wildman–Crippen MR) is 100 cm³/mol. The summed E-state index contributed by atoms with van der Waals surface area (Å²) in [6.07, 6.45) is 3.65. The van der Waals surface area contributed by atoms with Crippen LogP contribution in [0, 0.1) is 0 Å². The second-order valence-corrected chi connectivity index (χ2v) is 5.52. The van der Waals surface area contributed by atoms with Crippen molar-refractivity contribution in [1.29, 1.82) is 0 Å². The molecule has 0 unspecified atom stereocenters. The third-order valence-corrected chi connectivity index (χ3v) is 3.75. The van der Waals surface area contributed by atoms with Gasteiger partial charge >= 0.3 is 0 Å². The molecule has 0 amide bonds. The maximum Gasteiger partial charge on any atom is 0.139 e. The maximum atomic E-state index is 6.06. The molecular formula is C19H16ClN3. The Morgan fingerprint density at radius 3 is 2.78 bits per heavy atom. The molecule has 0 fully saturated rings. The number of nitrogens with one attached hydrogen (secondary N) is 1. The Labute approximate surface area is 139 Å². The van der Waals surface area contributed by atoms with Crippen molar-refractivity contribution in [3.05, 3.63) is 64.0 Å². The average molecular weight is 322 g/mol. The molecule has 2 aromatic carbocycles. The maximum absolute atomic E-state index is 6.06. The van der Waals surface area contributed by atoms with Crippen molar-refractivity contribution in [2.24, 2.45) is 4.99 Å². The first-order chi connectivity index (χ1) is 11.2. The fraction of sp³-hybridized carbons (Fsp3) is 0.0526. The molecular weight excluding hydrogens is 306 g/mol. The highest BCUT2D eigenvalue weighted by molar-refractivity contribution is 6.30. The van der Waals surface area contributed by atoms with E-state index in [1.807, 2.05) is 54.6 Å². The van der Waals surface area contributed by atoms with Crippen LogP contribution in [0.2, 0.25) is 5.02 Å². The van der Waals surface area contributed by atoms with Crippen LogP contribution in [0.5, 0.6) is 0 Å². The number of hydrogen-bond acceptors (Lipinski definition) is 3. The van der Waals surface area contributed by atoms with E-state index in [0.29, 0.717) is 5.02 Å². The molecule has 23 heavy (non-hydrogen) atoms. The number of para-hydroxylation sites is 1. The zero-order valence-corrected chi connectivity index (χ0v) is 13.5. The van der Waals surface area contributed by atoms with Crippen LogP contribution in [-0.2, 0) is 0 Å². The SMILES string of the molecule is C=c1/c(=C\C=N/C)c(Nc2cccc(Cl)c2)nc2ccccc12. The van der Waals surface area contributed by atoms with Crippen LogP contribution in [0.15, 0.2) is 53.5 Å². The molecule has 1 heterocycles.